The summed E-state index contributed by atoms with van der Waals surface area (Å²) in [6, 6.07) is 8.13. The van der Waals surface area contributed by atoms with Crippen molar-refractivity contribution in [1.29, 1.82) is 0 Å². The lowest BCUT2D eigenvalue weighted by Crippen LogP contribution is -2.23. The third kappa shape index (κ3) is 5.25. The van der Waals surface area contributed by atoms with Gasteiger partial charge in [-0.15, -0.1) is 0 Å². The van der Waals surface area contributed by atoms with Crippen LogP contribution in [0.1, 0.15) is 37.9 Å². The number of benzene rings is 1. The fourth-order valence-electron chi connectivity index (χ4n) is 1.84. The molecular formula is C15H23F2NO. The molecule has 0 aliphatic rings. The predicted molar refractivity (Wildman–Crippen MR) is 73.8 cm³/mol. The summed E-state index contributed by atoms with van der Waals surface area (Å²) < 4.78 is 29.0. The fraction of sp³-hybridized carbons (Fsp3) is 0.600. The molecule has 1 rings (SSSR count). The monoisotopic (exact) mass is 271 g/mol. The van der Waals surface area contributed by atoms with Crippen LogP contribution in [0.15, 0.2) is 24.3 Å². The first-order valence-corrected chi connectivity index (χ1v) is 6.48. The largest absolute Gasteiger partial charge is 0.374 e. The van der Waals surface area contributed by atoms with Crippen LogP contribution in [0.5, 0.6) is 0 Å². The maximum Gasteiger partial charge on any atom is 0.261 e. The molecule has 19 heavy (non-hydrogen) atoms. The van der Waals surface area contributed by atoms with Crippen LogP contribution in [0.4, 0.5) is 8.78 Å². The number of ether oxygens (including phenoxy) is 1. The zero-order valence-electron chi connectivity index (χ0n) is 12.0. The summed E-state index contributed by atoms with van der Waals surface area (Å²) in [4.78, 5) is 0. The van der Waals surface area contributed by atoms with Crippen molar-refractivity contribution >= 4 is 0 Å². The van der Waals surface area contributed by atoms with Gasteiger partial charge in [0, 0.05) is 0 Å². The van der Waals surface area contributed by atoms with Gasteiger partial charge in [-0.25, -0.2) is 8.78 Å². The quantitative estimate of drug-likeness (QED) is 0.854. The average Bonchev–Trinajstić information content (AvgIpc) is 2.33. The molecule has 0 fully saturated rings. The maximum atomic E-state index is 12.0. The van der Waals surface area contributed by atoms with E-state index in [0.29, 0.717) is 0 Å². The standard InChI is InChI=1S/C15H23F2NO/c1-15(2,3)12-7-5-11(6-8-12)13(18-4)9-19-10-14(16)17/h5-8,13-14,18H,9-10H2,1-4H3. The predicted octanol–water partition coefficient (Wildman–Crippen LogP) is 3.53. The third-order valence-corrected chi connectivity index (χ3v) is 3.06. The average molecular weight is 271 g/mol. The Morgan fingerprint density at radius 2 is 1.68 bits per heavy atom. The summed E-state index contributed by atoms with van der Waals surface area (Å²) in [5.41, 5.74) is 2.41. The molecular weight excluding hydrogens is 248 g/mol. The number of hydrogen-bond acceptors (Lipinski definition) is 2. The fourth-order valence-corrected chi connectivity index (χ4v) is 1.84. The number of alkyl halides is 2. The second-order valence-electron chi connectivity index (χ2n) is 5.64. The highest BCUT2D eigenvalue weighted by Gasteiger charge is 2.15. The topological polar surface area (TPSA) is 21.3 Å². The molecule has 0 heterocycles. The van der Waals surface area contributed by atoms with Crippen LogP contribution in [0.2, 0.25) is 0 Å². The molecule has 0 bridgehead atoms. The van der Waals surface area contributed by atoms with E-state index in [1.54, 1.807) is 7.05 Å². The number of halogens is 2. The summed E-state index contributed by atoms with van der Waals surface area (Å²) in [5, 5.41) is 3.08. The summed E-state index contributed by atoms with van der Waals surface area (Å²) in [5.74, 6) is 0. The van der Waals surface area contributed by atoms with Gasteiger partial charge in [0.05, 0.1) is 12.6 Å². The highest BCUT2D eigenvalue weighted by atomic mass is 19.3. The number of nitrogens with one attached hydrogen (secondary N) is 1. The van der Waals surface area contributed by atoms with Gasteiger partial charge in [0.25, 0.3) is 6.43 Å². The van der Waals surface area contributed by atoms with Crippen LogP contribution in [0.3, 0.4) is 0 Å². The van der Waals surface area contributed by atoms with Gasteiger partial charge < -0.3 is 10.1 Å². The first kappa shape index (κ1) is 16.1. The maximum absolute atomic E-state index is 12.0. The van der Waals surface area contributed by atoms with Gasteiger partial charge in [-0.3, -0.25) is 0 Å². The summed E-state index contributed by atoms with van der Waals surface area (Å²) in [6.07, 6.45) is -2.42. The molecule has 0 spiro atoms. The van der Waals surface area contributed by atoms with Gasteiger partial charge >= 0.3 is 0 Å². The molecule has 108 valence electrons. The summed E-state index contributed by atoms with van der Waals surface area (Å²) in [6.45, 7) is 6.20. The minimum atomic E-state index is -2.42. The van der Waals surface area contributed by atoms with E-state index in [-0.39, 0.29) is 18.1 Å². The SMILES string of the molecule is CNC(COCC(F)F)c1ccc(C(C)(C)C)cc1. The Labute approximate surface area is 114 Å². The highest BCUT2D eigenvalue weighted by Crippen LogP contribution is 2.24. The van der Waals surface area contributed by atoms with Crippen molar-refractivity contribution in [1.82, 2.24) is 5.32 Å². The normalized spacial score (nSPS) is 13.8. The lowest BCUT2D eigenvalue weighted by molar-refractivity contribution is 0.00985. The first-order chi connectivity index (χ1) is 8.84. The second kappa shape index (κ2) is 6.96. The lowest BCUT2D eigenvalue weighted by Gasteiger charge is -2.21. The molecule has 4 heteroatoms. The van der Waals surface area contributed by atoms with Gasteiger partial charge in [0.2, 0.25) is 0 Å². The van der Waals surface area contributed by atoms with E-state index in [9.17, 15) is 8.78 Å². The Balaban J connectivity index is 2.66. The molecule has 2 nitrogen and oxygen atoms in total. The summed E-state index contributed by atoms with van der Waals surface area (Å²) in [7, 11) is 1.80. The zero-order chi connectivity index (χ0) is 14.5. The van der Waals surface area contributed by atoms with E-state index in [4.69, 9.17) is 4.74 Å². The molecule has 1 atom stereocenters. The van der Waals surface area contributed by atoms with E-state index >= 15 is 0 Å². The minimum Gasteiger partial charge on any atom is -0.374 e. The Kier molecular flexibility index (Phi) is 5.88. The van der Waals surface area contributed by atoms with Gasteiger partial charge in [0.1, 0.15) is 6.61 Å². The Hall–Kier alpha value is -1.00. The third-order valence-electron chi connectivity index (χ3n) is 3.06. The lowest BCUT2D eigenvalue weighted by atomic mass is 9.86. The van der Waals surface area contributed by atoms with Crippen LogP contribution in [-0.4, -0.2) is 26.7 Å². The van der Waals surface area contributed by atoms with Crippen molar-refractivity contribution in [3.05, 3.63) is 35.4 Å². The van der Waals surface area contributed by atoms with E-state index in [0.717, 1.165) is 5.56 Å². The van der Waals surface area contributed by atoms with Crippen LogP contribution in [0.25, 0.3) is 0 Å². The highest BCUT2D eigenvalue weighted by molar-refractivity contribution is 5.29. The van der Waals surface area contributed by atoms with E-state index < -0.39 is 13.0 Å². The number of hydrogen-bond donors (Lipinski definition) is 1. The van der Waals surface area contributed by atoms with Crippen molar-refractivity contribution in [2.75, 3.05) is 20.3 Å². The molecule has 0 saturated carbocycles. The molecule has 0 saturated heterocycles. The Morgan fingerprint density at radius 3 is 2.11 bits per heavy atom. The van der Waals surface area contributed by atoms with Crippen LogP contribution < -0.4 is 5.32 Å². The van der Waals surface area contributed by atoms with Gasteiger partial charge in [0.15, 0.2) is 0 Å². The van der Waals surface area contributed by atoms with Crippen molar-refractivity contribution in [2.45, 2.75) is 38.7 Å². The second-order valence-corrected chi connectivity index (χ2v) is 5.64. The van der Waals surface area contributed by atoms with E-state index in [1.165, 1.54) is 5.56 Å². The van der Waals surface area contributed by atoms with Gasteiger partial charge in [-0.1, -0.05) is 45.0 Å². The van der Waals surface area contributed by atoms with Crippen molar-refractivity contribution < 1.29 is 13.5 Å². The smallest absolute Gasteiger partial charge is 0.261 e. The minimum absolute atomic E-state index is 0.0623. The van der Waals surface area contributed by atoms with Crippen LogP contribution in [-0.2, 0) is 10.2 Å². The van der Waals surface area contributed by atoms with Crippen LogP contribution >= 0.6 is 0 Å². The van der Waals surface area contributed by atoms with Crippen LogP contribution in [0, 0.1) is 0 Å². The molecule has 0 aliphatic heterocycles. The molecule has 0 amide bonds. The van der Waals surface area contributed by atoms with E-state index in [1.807, 2.05) is 12.1 Å². The van der Waals surface area contributed by atoms with Crippen molar-refractivity contribution in [2.24, 2.45) is 0 Å². The number of rotatable bonds is 6. The molecule has 1 N–H and O–H groups in total. The van der Waals surface area contributed by atoms with Gasteiger partial charge in [-0.05, 0) is 23.6 Å². The molecule has 0 aromatic heterocycles. The molecule has 0 radical (unpaired) electrons. The summed E-state index contributed by atoms with van der Waals surface area (Å²) >= 11 is 0. The molecule has 1 aromatic rings. The number of likely N-dealkylation sites (N-methyl/N-ethyl adjacent to an activating group) is 1. The molecule has 1 unspecified atom stereocenters. The molecule has 0 aliphatic carbocycles. The zero-order valence-corrected chi connectivity index (χ0v) is 12.0. The first-order valence-electron chi connectivity index (χ1n) is 6.48. The van der Waals surface area contributed by atoms with Gasteiger partial charge in [-0.2, -0.15) is 0 Å². The Morgan fingerprint density at radius 1 is 1.11 bits per heavy atom. The van der Waals surface area contributed by atoms with Crippen molar-refractivity contribution in [3.63, 3.8) is 0 Å². The Bertz CT molecular complexity index is 371. The molecule has 1 aromatic carbocycles. The van der Waals surface area contributed by atoms with E-state index in [2.05, 4.69) is 38.2 Å². The van der Waals surface area contributed by atoms with Crippen molar-refractivity contribution in [3.8, 4) is 0 Å².